The molecule has 1 aromatic rings. The SMILES string of the molecule is CCC1CCN(Cc2ccc(C(C)C)cc2)CCCN1. The van der Waals surface area contributed by atoms with E-state index in [0.29, 0.717) is 12.0 Å². The molecule has 112 valence electrons. The first-order chi connectivity index (χ1) is 9.69. The summed E-state index contributed by atoms with van der Waals surface area (Å²) in [6, 6.07) is 9.91. The van der Waals surface area contributed by atoms with Crippen molar-refractivity contribution in [1.82, 2.24) is 10.2 Å². The van der Waals surface area contributed by atoms with Crippen LogP contribution in [0.25, 0.3) is 0 Å². The van der Waals surface area contributed by atoms with Crippen LogP contribution in [0.3, 0.4) is 0 Å². The summed E-state index contributed by atoms with van der Waals surface area (Å²) in [6.07, 6.45) is 3.79. The Balaban J connectivity index is 1.90. The molecule has 1 fully saturated rings. The molecule has 1 saturated heterocycles. The van der Waals surface area contributed by atoms with Crippen LogP contribution in [0.4, 0.5) is 0 Å². The molecule has 2 heteroatoms. The van der Waals surface area contributed by atoms with Crippen molar-refractivity contribution < 1.29 is 0 Å². The first-order valence-electron chi connectivity index (χ1n) is 8.23. The normalized spacial score (nSPS) is 21.7. The van der Waals surface area contributed by atoms with E-state index in [4.69, 9.17) is 0 Å². The molecule has 1 N–H and O–H groups in total. The van der Waals surface area contributed by atoms with Crippen molar-refractivity contribution in [2.24, 2.45) is 0 Å². The fourth-order valence-electron chi connectivity index (χ4n) is 2.93. The summed E-state index contributed by atoms with van der Waals surface area (Å²) in [7, 11) is 0. The van der Waals surface area contributed by atoms with E-state index < -0.39 is 0 Å². The van der Waals surface area contributed by atoms with E-state index in [-0.39, 0.29) is 0 Å². The lowest BCUT2D eigenvalue weighted by atomic mass is 10.0. The third-order valence-electron chi connectivity index (χ3n) is 4.42. The summed E-state index contributed by atoms with van der Waals surface area (Å²) in [5.74, 6) is 0.627. The van der Waals surface area contributed by atoms with E-state index in [9.17, 15) is 0 Å². The average Bonchev–Trinajstić information content (AvgIpc) is 2.43. The molecular formula is C18H30N2. The minimum atomic E-state index is 0.627. The van der Waals surface area contributed by atoms with Gasteiger partial charge in [0.25, 0.3) is 0 Å². The van der Waals surface area contributed by atoms with Gasteiger partial charge in [-0.3, -0.25) is 4.90 Å². The molecule has 2 nitrogen and oxygen atoms in total. The Morgan fingerprint density at radius 2 is 1.95 bits per heavy atom. The minimum absolute atomic E-state index is 0.627. The van der Waals surface area contributed by atoms with Crippen molar-refractivity contribution in [1.29, 1.82) is 0 Å². The third kappa shape index (κ3) is 4.60. The van der Waals surface area contributed by atoms with E-state index in [1.54, 1.807) is 0 Å². The Labute approximate surface area is 124 Å². The van der Waals surface area contributed by atoms with Gasteiger partial charge in [-0.25, -0.2) is 0 Å². The molecule has 0 saturated carbocycles. The lowest BCUT2D eigenvalue weighted by molar-refractivity contribution is 0.224. The highest BCUT2D eigenvalue weighted by atomic mass is 15.1. The van der Waals surface area contributed by atoms with Crippen LogP contribution in [0, 0.1) is 0 Å². The van der Waals surface area contributed by atoms with Gasteiger partial charge < -0.3 is 5.32 Å². The molecule has 1 aliphatic heterocycles. The Morgan fingerprint density at radius 1 is 1.20 bits per heavy atom. The molecule has 1 heterocycles. The van der Waals surface area contributed by atoms with Crippen LogP contribution in [0.5, 0.6) is 0 Å². The Bertz CT molecular complexity index is 383. The van der Waals surface area contributed by atoms with Crippen LogP contribution in [-0.4, -0.2) is 30.6 Å². The van der Waals surface area contributed by atoms with E-state index in [2.05, 4.69) is 55.3 Å². The largest absolute Gasteiger partial charge is 0.314 e. The number of nitrogens with one attached hydrogen (secondary N) is 1. The van der Waals surface area contributed by atoms with Gasteiger partial charge in [0.2, 0.25) is 0 Å². The maximum atomic E-state index is 3.65. The minimum Gasteiger partial charge on any atom is -0.314 e. The topological polar surface area (TPSA) is 15.3 Å². The highest BCUT2D eigenvalue weighted by Gasteiger charge is 2.13. The first kappa shape index (κ1) is 15.5. The van der Waals surface area contributed by atoms with Crippen molar-refractivity contribution in [2.75, 3.05) is 19.6 Å². The zero-order chi connectivity index (χ0) is 14.4. The van der Waals surface area contributed by atoms with Crippen LogP contribution in [0.2, 0.25) is 0 Å². The van der Waals surface area contributed by atoms with Crippen molar-refractivity contribution in [2.45, 2.75) is 58.5 Å². The molecule has 0 spiro atoms. The van der Waals surface area contributed by atoms with E-state index in [0.717, 1.165) is 6.54 Å². The number of hydrogen-bond donors (Lipinski definition) is 1. The number of benzene rings is 1. The van der Waals surface area contributed by atoms with E-state index in [1.165, 1.54) is 50.0 Å². The fraction of sp³-hybridized carbons (Fsp3) is 0.667. The maximum Gasteiger partial charge on any atom is 0.0233 e. The van der Waals surface area contributed by atoms with Gasteiger partial charge in [0.05, 0.1) is 0 Å². The molecule has 1 aromatic carbocycles. The van der Waals surface area contributed by atoms with Gasteiger partial charge in [-0.05, 0) is 55.9 Å². The molecule has 1 atom stereocenters. The number of nitrogens with zero attached hydrogens (tertiary/aromatic N) is 1. The number of rotatable bonds is 4. The molecular weight excluding hydrogens is 244 g/mol. The van der Waals surface area contributed by atoms with Crippen molar-refractivity contribution in [3.8, 4) is 0 Å². The summed E-state index contributed by atoms with van der Waals surface area (Å²) < 4.78 is 0. The summed E-state index contributed by atoms with van der Waals surface area (Å²) in [5, 5.41) is 3.65. The summed E-state index contributed by atoms with van der Waals surface area (Å²) >= 11 is 0. The smallest absolute Gasteiger partial charge is 0.0233 e. The van der Waals surface area contributed by atoms with Gasteiger partial charge in [-0.2, -0.15) is 0 Å². The predicted molar refractivity (Wildman–Crippen MR) is 87.1 cm³/mol. The highest BCUT2D eigenvalue weighted by molar-refractivity contribution is 5.24. The first-order valence-corrected chi connectivity index (χ1v) is 8.23. The average molecular weight is 274 g/mol. The van der Waals surface area contributed by atoms with Crippen LogP contribution in [-0.2, 0) is 6.54 Å². The monoisotopic (exact) mass is 274 g/mol. The molecule has 1 aliphatic rings. The molecule has 2 rings (SSSR count). The molecule has 0 bridgehead atoms. The van der Waals surface area contributed by atoms with Crippen molar-refractivity contribution >= 4 is 0 Å². The van der Waals surface area contributed by atoms with Crippen molar-refractivity contribution in [3.63, 3.8) is 0 Å². The van der Waals surface area contributed by atoms with Gasteiger partial charge in [-0.15, -0.1) is 0 Å². The van der Waals surface area contributed by atoms with Crippen LogP contribution < -0.4 is 5.32 Å². The molecule has 1 unspecified atom stereocenters. The van der Waals surface area contributed by atoms with E-state index >= 15 is 0 Å². The second-order valence-electron chi connectivity index (χ2n) is 6.37. The summed E-state index contributed by atoms with van der Waals surface area (Å²) in [4.78, 5) is 2.62. The van der Waals surface area contributed by atoms with Gasteiger partial charge >= 0.3 is 0 Å². The summed E-state index contributed by atoms with van der Waals surface area (Å²) in [5.41, 5.74) is 2.90. The van der Waals surface area contributed by atoms with Crippen molar-refractivity contribution in [3.05, 3.63) is 35.4 Å². The zero-order valence-electron chi connectivity index (χ0n) is 13.4. The van der Waals surface area contributed by atoms with Crippen LogP contribution in [0.1, 0.15) is 57.1 Å². The Hall–Kier alpha value is -0.860. The number of hydrogen-bond acceptors (Lipinski definition) is 2. The lowest BCUT2D eigenvalue weighted by Crippen LogP contribution is -2.39. The Kier molecular flexibility index (Phi) is 6.06. The molecule has 0 aromatic heterocycles. The van der Waals surface area contributed by atoms with E-state index in [1.807, 2.05) is 0 Å². The fourth-order valence-corrected chi connectivity index (χ4v) is 2.93. The quantitative estimate of drug-likeness (QED) is 0.899. The second-order valence-corrected chi connectivity index (χ2v) is 6.37. The molecule has 0 radical (unpaired) electrons. The standard InChI is InChI=1S/C18H30N2/c1-4-18-10-13-20(12-5-11-19-18)14-16-6-8-17(9-7-16)15(2)3/h6-9,15,18-19H,4-5,10-14H2,1-3H3. The van der Waals surface area contributed by atoms with Gasteiger partial charge in [0.15, 0.2) is 0 Å². The zero-order valence-corrected chi connectivity index (χ0v) is 13.4. The third-order valence-corrected chi connectivity index (χ3v) is 4.42. The highest BCUT2D eigenvalue weighted by Crippen LogP contribution is 2.16. The lowest BCUT2D eigenvalue weighted by Gasteiger charge is -2.28. The molecule has 20 heavy (non-hydrogen) atoms. The molecule has 0 amide bonds. The second kappa shape index (κ2) is 7.80. The van der Waals surface area contributed by atoms with Crippen LogP contribution >= 0.6 is 0 Å². The summed E-state index contributed by atoms with van der Waals surface area (Å²) in [6.45, 7) is 11.5. The predicted octanol–water partition coefficient (Wildman–Crippen LogP) is 3.77. The van der Waals surface area contributed by atoms with Gasteiger partial charge in [0.1, 0.15) is 0 Å². The maximum absolute atomic E-state index is 3.65. The van der Waals surface area contributed by atoms with Gasteiger partial charge in [0, 0.05) is 12.6 Å². The van der Waals surface area contributed by atoms with Crippen LogP contribution in [0.15, 0.2) is 24.3 Å². The van der Waals surface area contributed by atoms with Gasteiger partial charge in [-0.1, -0.05) is 45.0 Å². The Morgan fingerprint density at radius 3 is 2.60 bits per heavy atom. The molecule has 0 aliphatic carbocycles.